The molecule has 274 valence electrons. The van der Waals surface area contributed by atoms with Gasteiger partial charge in [0.15, 0.2) is 0 Å². The van der Waals surface area contributed by atoms with E-state index in [1.165, 1.54) is 57.4 Å². The molecule has 10 nitrogen and oxygen atoms in total. The Labute approximate surface area is 305 Å². The third-order valence-electron chi connectivity index (χ3n) is 11.1. The molecule has 1 saturated carbocycles. The summed E-state index contributed by atoms with van der Waals surface area (Å²) in [5, 5.41) is 10.4. The zero-order valence-electron chi connectivity index (χ0n) is 30.3. The SMILES string of the molecule is Cc1cc(C(=O)N[C@H]2CC[C@H](NC(=O)c3cc(F)cnc3Oc3cccc(-c4ccc(CCN5CCC(N6CCCC6)CC5)cc4)c3)CC2)nn1C. The predicted octanol–water partition coefficient (Wildman–Crippen LogP) is 6.30. The summed E-state index contributed by atoms with van der Waals surface area (Å²) in [6.45, 7) is 7.93. The molecular weight excluding hydrogens is 657 g/mol. The standard InChI is InChI=1S/C41H50FN7O3/c1-28-24-38(46-47(28)2)40(51)45-34-14-12-33(13-15-34)44-39(50)37-26-32(42)27-43-41(37)52-36-7-5-6-31(25-36)30-10-8-29(9-11-30)16-21-48-22-17-35(18-23-48)49-19-3-4-20-49/h5-11,24-27,33-35H,3-4,12-23H2,1-2H3,(H,44,50)(H,45,51)/t33-,34-. The fourth-order valence-electron chi connectivity index (χ4n) is 7.86. The van der Waals surface area contributed by atoms with Crippen molar-refractivity contribution in [2.75, 3.05) is 32.7 Å². The molecule has 0 radical (unpaired) electrons. The Morgan fingerprint density at radius 2 is 1.54 bits per heavy atom. The van der Waals surface area contributed by atoms with Crippen LogP contribution in [0.5, 0.6) is 11.6 Å². The van der Waals surface area contributed by atoms with Crippen LogP contribution in [0, 0.1) is 12.7 Å². The number of pyridine rings is 1. The maximum Gasteiger partial charge on any atom is 0.272 e. The van der Waals surface area contributed by atoms with Crippen molar-refractivity contribution in [3.05, 3.63) is 95.2 Å². The lowest BCUT2D eigenvalue weighted by molar-refractivity contribution is 0.0887. The van der Waals surface area contributed by atoms with Gasteiger partial charge in [0, 0.05) is 37.4 Å². The molecule has 2 aromatic carbocycles. The van der Waals surface area contributed by atoms with E-state index >= 15 is 0 Å². The molecule has 3 aliphatic rings. The van der Waals surface area contributed by atoms with E-state index in [9.17, 15) is 14.0 Å². The van der Waals surface area contributed by atoms with Crippen molar-refractivity contribution < 1.29 is 18.7 Å². The van der Waals surface area contributed by atoms with Gasteiger partial charge in [-0.2, -0.15) is 5.10 Å². The molecule has 4 aromatic rings. The zero-order chi connectivity index (χ0) is 36.0. The van der Waals surface area contributed by atoms with E-state index < -0.39 is 11.7 Å². The van der Waals surface area contributed by atoms with Gasteiger partial charge in [-0.3, -0.25) is 14.3 Å². The maximum atomic E-state index is 14.4. The third-order valence-corrected chi connectivity index (χ3v) is 11.1. The van der Waals surface area contributed by atoms with Gasteiger partial charge in [-0.1, -0.05) is 36.4 Å². The van der Waals surface area contributed by atoms with Gasteiger partial charge in [-0.15, -0.1) is 0 Å². The molecule has 0 spiro atoms. The van der Waals surface area contributed by atoms with E-state index in [1.54, 1.807) is 23.9 Å². The molecule has 3 fully saturated rings. The number of carbonyl (C=O) groups is 2. The second-order valence-corrected chi connectivity index (χ2v) is 14.7. The highest BCUT2D eigenvalue weighted by atomic mass is 19.1. The number of carbonyl (C=O) groups excluding carboxylic acids is 2. The van der Waals surface area contributed by atoms with E-state index in [4.69, 9.17) is 4.74 Å². The largest absolute Gasteiger partial charge is 0.438 e. The van der Waals surface area contributed by atoms with E-state index in [0.717, 1.165) is 48.1 Å². The Kier molecular flexibility index (Phi) is 11.3. The highest BCUT2D eigenvalue weighted by molar-refractivity contribution is 5.96. The first kappa shape index (κ1) is 35.8. The second-order valence-electron chi connectivity index (χ2n) is 14.7. The first-order valence-corrected chi connectivity index (χ1v) is 18.9. The maximum absolute atomic E-state index is 14.4. The smallest absolute Gasteiger partial charge is 0.272 e. The molecule has 2 saturated heterocycles. The quantitative estimate of drug-likeness (QED) is 0.189. The van der Waals surface area contributed by atoms with Gasteiger partial charge < -0.3 is 25.2 Å². The molecule has 1 aliphatic carbocycles. The predicted molar refractivity (Wildman–Crippen MR) is 199 cm³/mol. The van der Waals surface area contributed by atoms with E-state index in [0.29, 0.717) is 37.1 Å². The van der Waals surface area contributed by atoms with Crippen LogP contribution in [0.3, 0.4) is 0 Å². The molecule has 2 aromatic heterocycles. The summed E-state index contributed by atoms with van der Waals surface area (Å²) in [7, 11) is 1.81. The second kappa shape index (κ2) is 16.4. The van der Waals surface area contributed by atoms with Crippen molar-refractivity contribution in [3.8, 4) is 22.8 Å². The molecule has 0 unspecified atom stereocenters. The minimum atomic E-state index is -0.617. The van der Waals surface area contributed by atoms with Crippen LogP contribution in [0.2, 0.25) is 0 Å². The van der Waals surface area contributed by atoms with Gasteiger partial charge in [0.05, 0.1) is 6.20 Å². The highest BCUT2D eigenvalue weighted by Gasteiger charge is 2.28. The summed E-state index contributed by atoms with van der Waals surface area (Å²) < 4.78 is 22.2. The molecule has 2 amide bonds. The average Bonchev–Trinajstić information content (AvgIpc) is 3.83. The fraction of sp³-hybridized carbons (Fsp3) is 0.463. The number of piperidine rings is 1. The van der Waals surface area contributed by atoms with Gasteiger partial charge in [0.2, 0.25) is 5.88 Å². The molecule has 7 rings (SSSR count). The summed E-state index contributed by atoms with van der Waals surface area (Å²) in [6.07, 6.45) is 10.1. The third kappa shape index (κ3) is 8.87. The normalized spacial score (nSPS) is 20.1. The lowest BCUT2D eigenvalue weighted by atomic mass is 9.91. The molecule has 2 aliphatic heterocycles. The van der Waals surface area contributed by atoms with Crippen LogP contribution in [0.1, 0.15) is 83.5 Å². The Morgan fingerprint density at radius 3 is 2.21 bits per heavy atom. The summed E-state index contributed by atoms with van der Waals surface area (Å²) in [5.74, 6) is -0.706. The van der Waals surface area contributed by atoms with Crippen LogP contribution in [-0.2, 0) is 13.5 Å². The van der Waals surface area contributed by atoms with Crippen LogP contribution in [-0.4, -0.2) is 87.2 Å². The molecule has 0 atom stereocenters. The number of nitrogens with one attached hydrogen (secondary N) is 2. The number of benzene rings is 2. The molecular formula is C41H50FN7O3. The number of aryl methyl sites for hydroxylation is 2. The van der Waals surface area contributed by atoms with Crippen molar-refractivity contribution in [2.24, 2.45) is 7.05 Å². The number of hydrogen-bond donors (Lipinski definition) is 2. The van der Waals surface area contributed by atoms with Crippen molar-refractivity contribution in [1.82, 2.24) is 35.2 Å². The van der Waals surface area contributed by atoms with Gasteiger partial charge in [0.1, 0.15) is 22.8 Å². The molecule has 52 heavy (non-hydrogen) atoms. The van der Waals surface area contributed by atoms with Crippen LogP contribution in [0.15, 0.2) is 66.9 Å². The van der Waals surface area contributed by atoms with Gasteiger partial charge in [-0.25, -0.2) is 9.37 Å². The number of hydrogen-bond acceptors (Lipinski definition) is 7. The highest BCUT2D eigenvalue weighted by Crippen LogP contribution is 2.30. The molecule has 11 heteroatoms. The molecule has 4 heterocycles. The Bertz CT molecular complexity index is 1820. The van der Waals surface area contributed by atoms with Crippen molar-refractivity contribution >= 4 is 11.8 Å². The topological polar surface area (TPSA) is 105 Å². The first-order chi connectivity index (χ1) is 25.3. The van der Waals surface area contributed by atoms with Gasteiger partial charge in [0.25, 0.3) is 11.8 Å². The summed E-state index contributed by atoms with van der Waals surface area (Å²) in [6, 6.07) is 19.9. The molecule has 2 N–H and O–H groups in total. The number of ether oxygens (including phenoxy) is 1. The first-order valence-electron chi connectivity index (χ1n) is 18.9. The monoisotopic (exact) mass is 707 g/mol. The molecule has 0 bridgehead atoms. The lowest BCUT2D eigenvalue weighted by Gasteiger charge is -2.36. The number of halogens is 1. The van der Waals surface area contributed by atoms with Crippen LogP contribution >= 0.6 is 0 Å². The van der Waals surface area contributed by atoms with E-state index in [2.05, 4.69) is 54.8 Å². The fourth-order valence-corrected chi connectivity index (χ4v) is 7.86. The minimum Gasteiger partial charge on any atom is -0.438 e. The zero-order valence-corrected chi connectivity index (χ0v) is 30.3. The van der Waals surface area contributed by atoms with Crippen LogP contribution in [0.4, 0.5) is 4.39 Å². The van der Waals surface area contributed by atoms with Gasteiger partial charge in [-0.05, 0) is 132 Å². The summed E-state index contributed by atoms with van der Waals surface area (Å²) >= 11 is 0. The Hall–Kier alpha value is -4.61. The van der Waals surface area contributed by atoms with Crippen molar-refractivity contribution in [3.63, 3.8) is 0 Å². The number of nitrogens with zero attached hydrogens (tertiary/aromatic N) is 5. The average molecular weight is 708 g/mol. The number of aromatic nitrogens is 3. The van der Waals surface area contributed by atoms with Crippen LogP contribution in [0.25, 0.3) is 11.1 Å². The van der Waals surface area contributed by atoms with Crippen molar-refractivity contribution in [1.29, 1.82) is 0 Å². The van der Waals surface area contributed by atoms with Crippen LogP contribution < -0.4 is 15.4 Å². The Morgan fingerprint density at radius 1 is 0.846 bits per heavy atom. The number of rotatable bonds is 11. The summed E-state index contributed by atoms with van der Waals surface area (Å²) in [5.41, 5.74) is 4.70. The number of amides is 2. The lowest BCUT2D eigenvalue weighted by Crippen LogP contribution is -2.44. The summed E-state index contributed by atoms with van der Waals surface area (Å²) in [4.78, 5) is 35.5. The van der Waals surface area contributed by atoms with E-state index in [1.807, 2.05) is 25.1 Å². The number of likely N-dealkylation sites (tertiary alicyclic amines) is 2. The van der Waals surface area contributed by atoms with E-state index in [-0.39, 0.29) is 29.4 Å². The Balaban J connectivity index is 0.911. The van der Waals surface area contributed by atoms with Gasteiger partial charge >= 0.3 is 0 Å². The minimum absolute atomic E-state index is 0.00598. The van der Waals surface area contributed by atoms with Crippen molar-refractivity contribution in [2.45, 2.75) is 82.8 Å².